The first-order valence-corrected chi connectivity index (χ1v) is 14.2. The summed E-state index contributed by atoms with van der Waals surface area (Å²) in [5.41, 5.74) is 3.79. The van der Waals surface area contributed by atoms with Crippen LogP contribution in [0.3, 0.4) is 0 Å². The Morgan fingerprint density at radius 2 is 1.14 bits per heavy atom. The summed E-state index contributed by atoms with van der Waals surface area (Å²) in [6, 6.07) is 42.6. The van der Waals surface area contributed by atoms with Crippen molar-refractivity contribution >= 4 is 95.6 Å². The molecule has 0 fully saturated rings. The molecule has 9 aromatic rings. The highest BCUT2D eigenvalue weighted by Gasteiger charge is 2.19. The molecule has 0 aliphatic heterocycles. The topological polar surface area (TPSA) is 4.93 Å². The number of hydrogen-bond donors (Lipinski definition) is 0. The Morgan fingerprint density at radius 3 is 2.00 bits per heavy atom. The van der Waals surface area contributed by atoms with Crippen molar-refractivity contribution in [1.29, 1.82) is 0 Å². The molecular weight excluding hydrogens is 487 g/mol. The Bertz CT molecular complexity index is 2360. The molecule has 0 spiro atoms. The molecule has 6 aromatic carbocycles. The van der Waals surface area contributed by atoms with Crippen molar-refractivity contribution in [3.63, 3.8) is 0 Å². The summed E-state index contributed by atoms with van der Waals surface area (Å²) in [6.45, 7) is 0. The maximum atomic E-state index is 2.51. The minimum Gasteiger partial charge on any atom is -0.308 e. The molecule has 0 amide bonds. The Morgan fingerprint density at radius 1 is 0.459 bits per heavy atom. The Balaban J connectivity index is 1.52. The zero-order valence-electron chi connectivity index (χ0n) is 19.7. The minimum atomic E-state index is 1.22. The third kappa shape index (κ3) is 2.63. The van der Waals surface area contributed by atoms with Crippen molar-refractivity contribution in [1.82, 2.24) is 4.57 Å². The van der Waals surface area contributed by atoms with Crippen molar-refractivity contribution in [3.05, 3.63) is 115 Å². The highest BCUT2D eigenvalue weighted by molar-refractivity contribution is 7.26. The molecule has 3 aromatic heterocycles. The molecule has 0 aliphatic rings. The fourth-order valence-corrected chi connectivity index (χ4v) is 8.50. The van der Waals surface area contributed by atoms with Crippen molar-refractivity contribution in [2.45, 2.75) is 0 Å². The van der Waals surface area contributed by atoms with E-state index in [9.17, 15) is 0 Å². The summed E-state index contributed by atoms with van der Waals surface area (Å²) >= 11 is 3.78. The molecule has 37 heavy (non-hydrogen) atoms. The maximum absolute atomic E-state index is 2.51. The summed E-state index contributed by atoms with van der Waals surface area (Å²) < 4.78 is 7.89. The Labute approximate surface area is 220 Å². The molecular formula is C34H19NS2. The van der Waals surface area contributed by atoms with Gasteiger partial charge >= 0.3 is 0 Å². The minimum absolute atomic E-state index is 1.22. The first-order chi connectivity index (χ1) is 18.3. The van der Waals surface area contributed by atoms with Crippen molar-refractivity contribution in [3.8, 4) is 5.69 Å². The zero-order valence-corrected chi connectivity index (χ0v) is 21.4. The molecule has 0 N–H and O–H groups in total. The van der Waals surface area contributed by atoms with Gasteiger partial charge in [0.15, 0.2) is 0 Å². The van der Waals surface area contributed by atoms with Crippen LogP contribution in [0.15, 0.2) is 115 Å². The van der Waals surface area contributed by atoms with E-state index >= 15 is 0 Å². The van der Waals surface area contributed by atoms with Gasteiger partial charge in [-0.3, -0.25) is 0 Å². The van der Waals surface area contributed by atoms with Crippen LogP contribution in [0.4, 0.5) is 0 Å². The second-order valence-corrected chi connectivity index (χ2v) is 11.9. The second-order valence-electron chi connectivity index (χ2n) is 9.73. The number of fused-ring (bicyclic) bond motifs is 12. The first-order valence-electron chi connectivity index (χ1n) is 12.5. The Kier molecular flexibility index (Phi) is 3.88. The first kappa shape index (κ1) is 19.9. The number of hydrogen-bond acceptors (Lipinski definition) is 2. The molecule has 0 atom stereocenters. The average molecular weight is 506 g/mol. The molecule has 3 heterocycles. The number of rotatable bonds is 1. The second kappa shape index (κ2) is 7.19. The lowest BCUT2D eigenvalue weighted by Gasteiger charge is -2.09. The summed E-state index contributed by atoms with van der Waals surface area (Å²) in [4.78, 5) is 0. The van der Waals surface area contributed by atoms with E-state index in [2.05, 4.69) is 120 Å². The van der Waals surface area contributed by atoms with E-state index in [4.69, 9.17) is 0 Å². The molecule has 0 saturated carbocycles. The smallest absolute Gasteiger partial charge is 0.0719 e. The molecule has 0 unspecified atom stereocenters. The zero-order chi connectivity index (χ0) is 24.1. The van der Waals surface area contributed by atoms with Gasteiger partial charge < -0.3 is 4.57 Å². The molecule has 172 valence electrons. The molecule has 0 bridgehead atoms. The quantitative estimate of drug-likeness (QED) is 0.209. The van der Waals surface area contributed by atoms with Crippen LogP contribution < -0.4 is 0 Å². The summed E-state index contributed by atoms with van der Waals surface area (Å²) in [7, 11) is 0. The predicted octanol–water partition coefficient (Wildman–Crippen LogP) is 10.7. The summed E-state index contributed by atoms with van der Waals surface area (Å²) in [5.74, 6) is 0. The third-order valence-corrected chi connectivity index (χ3v) is 10.1. The van der Waals surface area contributed by atoms with Crippen LogP contribution in [0.1, 0.15) is 0 Å². The van der Waals surface area contributed by atoms with Crippen LogP contribution in [0.2, 0.25) is 0 Å². The highest BCUT2D eigenvalue weighted by atomic mass is 32.1. The van der Waals surface area contributed by atoms with Crippen LogP contribution in [0, 0.1) is 0 Å². The summed E-state index contributed by atoms with van der Waals surface area (Å²) in [5, 5.41) is 10.6. The van der Waals surface area contributed by atoms with Crippen LogP contribution >= 0.6 is 22.7 Å². The van der Waals surface area contributed by atoms with Crippen molar-refractivity contribution in [2.24, 2.45) is 0 Å². The number of nitrogens with zero attached hydrogens (tertiary/aromatic N) is 1. The lowest BCUT2D eigenvalue weighted by atomic mass is 10.0. The van der Waals surface area contributed by atoms with Crippen LogP contribution in [-0.2, 0) is 0 Å². The van der Waals surface area contributed by atoms with E-state index in [1.165, 1.54) is 78.6 Å². The number of thiophene rings is 2. The van der Waals surface area contributed by atoms with Gasteiger partial charge in [0.25, 0.3) is 0 Å². The summed E-state index contributed by atoms with van der Waals surface area (Å²) in [6.07, 6.45) is 0. The van der Waals surface area contributed by atoms with Gasteiger partial charge in [-0.25, -0.2) is 0 Å². The van der Waals surface area contributed by atoms with Gasteiger partial charge in [0, 0.05) is 52.1 Å². The monoisotopic (exact) mass is 505 g/mol. The van der Waals surface area contributed by atoms with Gasteiger partial charge in [0.05, 0.1) is 15.7 Å². The van der Waals surface area contributed by atoms with Crippen molar-refractivity contribution in [2.75, 3.05) is 0 Å². The third-order valence-electron chi connectivity index (χ3n) is 7.78. The molecule has 1 nitrogen and oxygen atoms in total. The number of benzene rings is 6. The number of aromatic nitrogens is 1. The largest absolute Gasteiger partial charge is 0.308 e. The fraction of sp³-hybridized carbons (Fsp3) is 0. The van der Waals surface area contributed by atoms with E-state index < -0.39 is 0 Å². The average Bonchev–Trinajstić information content (AvgIpc) is 3.62. The van der Waals surface area contributed by atoms with Gasteiger partial charge in [-0.1, -0.05) is 78.9 Å². The fourth-order valence-electron chi connectivity index (χ4n) is 6.17. The van der Waals surface area contributed by atoms with Crippen LogP contribution in [0.25, 0.3) is 78.6 Å². The Hall–Kier alpha value is -4.18. The van der Waals surface area contributed by atoms with Gasteiger partial charge in [0.1, 0.15) is 0 Å². The molecule has 9 rings (SSSR count). The van der Waals surface area contributed by atoms with E-state index in [0.717, 1.165) is 0 Å². The lowest BCUT2D eigenvalue weighted by Crippen LogP contribution is -1.93. The maximum Gasteiger partial charge on any atom is 0.0719 e. The standard InChI is InChI=1S/C34H19NS2/c1-2-8-22-20(7-1)13-17-28-32(22)26-16-15-25-23-9-3-6-12-30(23)37-34(25)33(26)35(28)21-14-18-31-27(19-21)24-10-4-5-11-29(24)36-31/h1-19H. The van der Waals surface area contributed by atoms with E-state index in [1.807, 2.05) is 22.7 Å². The van der Waals surface area contributed by atoms with E-state index in [1.54, 1.807) is 0 Å². The van der Waals surface area contributed by atoms with E-state index in [0.29, 0.717) is 0 Å². The van der Waals surface area contributed by atoms with Gasteiger partial charge in [0.2, 0.25) is 0 Å². The van der Waals surface area contributed by atoms with E-state index in [-0.39, 0.29) is 0 Å². The van der Waals surface area contributed by atoms with Gasteiger partial charge in [-0.2, -0.15) is 0 Å². The van der Waals surface area contributed by atoms with Gasteiger partial charge in [-0.15, -0.1) is 22.7 Å². The molecule has 0 saturated heterocycles. The SMILES string of the molecule is c1ccc2c(c1)ccc1c2c2ccc3c4ccccc4sc3c2n1-c1ccc2sc3ccccc3c2c1. The van der Waals surface area contributed by atoms with Crippen molar-refractivity contribution < 1.29 is 0 Å². The molecule has 0 aliphatic carbocycles. The lowest BCUT2D eigenvalue weighted by molar-refractivity contribution is 1.20. The van der Waals surface area contributed by atoms with Crippen LogP contribution in [-0.4, -0.2) is 4.57 Å². The normalized spacial score (nSPS) is 12.3. The molecule has 0 radical (unpaired) electrons. The highest BCUT2D eigenvalue weighted by Crippen LogP contribution is 2.45. The predicted molar refractivity (Wildman–Crippen MR) is 164 cm³/mol. The van der Waals surface area contributed by atoms with Crippen LogP contribution in [0.5, 0.6) is 0 Å². The molecule has 3 heteroatoms. The van der Waals surface area contributed by atoms with Gasteiger partial charge in [-0.05, 0) is 47.2 Å².